The van der Waals surface area contributed by atoms with Crippen molar-refractivity contribution in [3.63, 3.8) is 0 Å². The summed E-state index contributed by atoms with van der Waals surface area (Å²) in [6.07, 6.45) is -20.5. The summed E-state index contributed by atoms with van der Waals surface area (Å²) in [4.78, 5) is 0. The molecule has 0 rings (SSSR count). The monoisotopic (exact) mass is 362 g/mol. The number of hydrogen-bond acceptors (Lipinski definition) is 1. The molecule has 0 aromatic rings. The summed E-state index contributed by atoms with van der Waals surface area (Å²) in [7, 11) is 0. The highest BCUT2D eigenvalue weighted by Gasteiger charge is 2.86. The lowest BCUT2D eigenvalue weighted by atomic mass is 10.0. The van der Waals surface area contributed by atoms with E-state index in [1.165, 1.54) is 0 Å². The molecule has 0 saturated heterocycles. The quantitative estimate of drug-likeness (QED) is 0.395. The first kappa shape index (κ1) is 19.1. The number of alkyl halides is 9. The van der Waals surface area contributed by atoms with Crippen LogP contribution in [0.2, 0.25) is 6.04 Å². The van der Waals surface area contributed by atoms with E-state index < -0.39 is 37.1 Å². The number of rotatable bonds is 3. The largest absolute Gasteiger partial charge is 0.434 e. The molecule has 13 heteroatoms. The summed E-state index contributed by atoms with van der Waals surface area (Å²) in [5.74, 6) is 0. The maximum absolute atomic E-state index is 12.4. The van der Waals surface area contributed by atoms with Gasteiger partial charge in [0.15, 0.2) is 0 Å². The van der Waals surface area contributed by atoms with Gasteiger partial charge in [-0.2, -0.15) is 39.5 Å². The minimum atomic E-state index is -6.82. The average Bonchev–Trinajstić information content (AvgIpc) is 2.08. The summed E-state index contributed by atoms with van der Waals surface area (Å²) >= 11 is 10.0. The first-order chi connectivity index (χ1) is 8.02. The molecule has 0 aliphatic heterocycles. The van der Waals surface area contributed by atoms with E-state index in [1.54, 1.807) is 0 Å². The lowest BCUT2D eigenvalue weighted by Gasteiger charge is -2.40. The van der Waals surface area contributed by atoms with Crippen molar-refractivity contribution in [3.05, 3.63) is 0 Å². The Kier molecular flexibility index (Phi) is 5.19. The van der Waals surface area contributed by atoms with E-state index in [0.29, 0.717) is 0 Å². The summed E-state index contributed by atoms with van der Waals surface area (Å²) in [6.45, 7) is -3.95. The first-order valence-corrected chi connectivity index (χ1v) is 8.44. The fourth-order valence-electron chi connectivity index (χ4n) is 0.952. The highest BCUT2D eigenvalue weighted by molar-refractivity contribution is 7.42. The Morgan fingerprint density at radius 3 is 1.21 bits per heavy atom. The number of hydrogen-bond donors (Lipinski definition) is 0. The second-order valence-corrected chi connectivity index (χ2v) is 9.70. The lowest BCUT2D eigenvalue weighted by molar-refractivity contribution is -0.439. The van der Waals surface area contributed by atoms with Crippen LogP contribution < -0.4 is 0 Å². The van der Waals surface area contributed by atoms with Crippen LogP contribution in [0.25, 0.3) is 0 Å². The molecule has 0 fully saturated rings. The van der Waals surface area contributed by atoms with Crippen molar-refractivity contribution < 1.29 is 43.9 Å². The number of halogens is 11. The maximum Gasteiger partial charge on any atom is 0.434 e. The van der Waals surface area contributed by atoms with Crippen molar-refractivity contribution in [1.29, 1.82) is 0 Å². The van der Waals surface area contributed by atoms with Gasteiger partial charge in [0.25, 0.3) is 0 Å². The molecule has 0 saturated carbocycles. The van der Waals surface area contributed by atoms with Crippen LogP contribution in [0.4, 0.5) is 39.5 Å². The van der Waals surface area contributed by atoms with Gasteiger partial charge >= 0.3 is 31.1 Å². The summed E-state index contributed by atoms with van der Waals surface area (Å²) in [5, 5.41) is 0. The predicted molar refractivity (Wildman–Crippen MR) is 49.9 cm³/mol. The van der Waals surface area contributed by atoms with Crippen LogP contribution in [-0.4, -0.2) is 31.1 Å². The van der Waals surface area contributed by atoms with Gasteiger partial charge in [-0.1, -0.05) is 6.92 Å². The smallest absolute Gasteiger partial charge is 0.363 e. The molecule has 0 aliphatic carbocycles. The SMILES string of the molecule is CC[Si](Cl)(Cl)OC(C(F)(F)F)(C(F)(F)F)C(F)(F)F. The van der Waals surface area contributed by atoms with Crippen LogP contribution in [-0.2, 0) is 4.43 Å². The molecule has 0 amide bonds. The van der Waals surface area contributed by atoms with Gasteiger partial charge in [-0.25, -0.2) is 0 Å². The van der Waals surface area contributed by atoms with Crippen molar-refractivity contribution >= 4 is 29.1 Å². The average molecular weight is 363 g/mol. The molecule has 0 aromatic carbocycles. The van der Waals surface area contributed by atoms with Gasteiger partial charge in [0.2, 0.25) is 0 Å². The Bertz CT molecular complexity index is 284. The molecule has 116 valence electrons. The molecule has 0 unspecified atom stereocenters. The fourth-order valence-corrected chi connectivity index (χ4v) is 2.59. The standard InChI is InChI=1S/C6H5Cl2F9OSi/c1-2-19(7,8)18-3(4(9,10)11,5(12,13)14)6(15,16)17/h2H2,1H3. The van der Waals surface area contributed by atoms with Crippen LogP contribution in [0.15, 0.2) is 0 Å². The fraction of sp³-hybridized carbons (Fsp3) is 1.00. The van der Waals surface area contributed by atoms with Gasteiger partial charge in [-0.15, -0.1) is 22.2 Å². The van der Waals surface area contributed by atoms with Gasteiger partial charge in [0.1, 0.15) is 0 Å². The highest BCUT2D eigenvalue weighted by atomic mass is 35.7. The Hall–Kier alpha value is 0.127. The van der Waals surface area contributed by atoms with E-state index >= 15 is 0 Å². The minimum absolute atomic E-state index is 0.805. The molecule has 19 heavy (non-hydrogen) atoms. The zero-order chi connectivity index (χ0) is 15.9. The van der Waals surface area contributed by atoms with E-state index in [2.05, 4.69) is 4.43 Å². The molecule has 0 heterocycles. The van der Waals surface area contributed by atoms with Gasteiger partial charge in [0, 0.05) is 0 Å². The third kappa shape index (κ3) is 3.61. The predicted octanol–water partition coefficient (Wildman–Crippen LogP) is 4.87. The molecule has 0 spiro atoms. The van der Waals surface area contributed by atoms with Crippen LogP contribution >= 0.6 is 22.2 Å². The summed E-state index contributed by atoms with van der Waals surface area (Å²) in [5.41, 5.74) is -6.40. The maximum atomic E-state index is 12.4. The zero-order valence-corrected chi connectivity index (χ0v) is 11.3. The van der Waals surface area contributed by atoms with Crippen molar-refractivity contribution in [3.8, 4) is 0 Å². The van der Waals surface area contributed by atoms with Crippen molar-refractivity contribution in [2.45, 2.75) is 37.1 Å². The zero-order valence-electron chi connectivity index (χ0n) is 8.77. The molecule has 1 nitrogen and oxygen atoms in total. The van der Waals surface area contributed by atoms with Crippen LogP contribution in [0.5, 0.6) is 0 Å². The van der Waals surface area contributed by atoms with Crippen LogP contribution in [0.3, 0.4) is 0 Å². The topological polar surface area (TPSA) is 9.23 Å². The Labute approximate surface area is 111 Å². The van der Waals surface area contributed by atoms with E-state index in [9.17, 15) is 39.5 Å². The van der Waals surface area contributed by atoms with Gasteiger partial charge in [-0.05, 0) is 6.04 Å². The molecule has 0 N–H and O–H groups in total. The second-order valence-electron chi connectivity index (χ2n) is 3.27. The lowest BCUT2D eigenvalue weighted by Crippen LogP contribution is -2.70. The molecule has 0 bridgehead atoms. The summed E-state index contributed by atoms with van der Waals surface area (Å²) in [6, 6.07) is -0.805. The van der Waals surface area contributed by atoms with Crippen molar-refractivity contribution in [1.82, 2.24) is 0 Å². The Morgan fingerprint density at radius 2 is 1.05 bits per heavy atom. The molecule has 0 radical (unpaired) electrons. The van der Waals surface area contributed by atoms with Crippen LogP contribution in [0.1, 0.15) is 6.92 Å². The minimum Gasteiger partial charge on any atom is -0.363 e. The van der Waals surface area contributed by atoms with Crippen LogP contribution in [0, 0.1) is 0 Å². The molecular formula is C6H5Cl2F9OSi. The Balaban J connectivity index is 6.13. The normalized spacial score (nSPS) is 15.8. The molecular weight excluding hydrogens is 358 g/mol. The Morgan fingerprint density at radius 1 is 0.789 bits per heavy atom. The third-order valence-electron chi connectivity index (χ3n) is 1.91. The third-order valence-corrected chi connectivity index (χ3v) is 5.41. The van der Waals surface area contributed by atoms with Crippen molar-refractivity contribution in [2.75, 3.05) is 0 Å². The second kappa shape index (κ2) is 5.15. The molecule has 0 aromatic heterocycles. The van der Waals surface area contributed by atoms with Gasteiger partial charge in [-0.3, -0.25) is 0 Å². The summed E-state index contributed by atoms with van der Waals surface area (Å²) < 4.78 is 115. The van der Waals surface area contributed by atoms with Gasteiger partial charge in [0.05, 0.1) is 0 Å². The molecule has 0 aliphatic rings. The van der Waals surface area contributed by atoms with Crippen molar-refractivity contribution in [2.24, 2.45) is 0 Å². The molecule has 0 atom stereocenters. The first-order valence-electron chi connectivity index (χ1n) is 4.30. The highest BCUT2D eigenvalue weighted by Crippen LogP contribution is 2.56. The van der Waals surface area contributed by atoms with Gasteiger partial charge < -0.3 is 4.43 Å². The van der Waals surface area contributed by atoms with E-state index in [-0.39, 0.29) is 0 Å². The van der Waals surface area contributed by atoms with E-state index in [4.69, 9.17) is 22.2 Å². The van der Waals surface area contributed by atoms with E-state index in [1.807, 2.05) is 0 Å². The van der Waals surface area contributed by atoms with E-state index in [0.717, 1.165) is 6.92 Å².